The van der Waals surface area contributed by atoms with E-state index in [1.54, 1.807) is 25.6 Å². The first-order chi connectivity index (χ1) is 9.60. The smallest absolute Gasteiger partial charge is 0.161 e. The lowest BCUT2D eigenvalue weighted by molar-refractivity contribution is 0.354. The van der Waals surface area contributed by atoms with Crippen LogP contribution in [0.1, 0.15) is 28.3 Å². The van der Waals surface area contributed by atoms with Crippen LogP contribution in [0.2, 0.25) is 0 Å². The lowest BCUT2D eigenvalue weighted by Crippen LogP contribution is -2.11. The number of thiophene rings is 1. The van der Waals surface area contributed by atoms with Crippen LogP contribution < -0.4 is 15.2 Å². The number of ether oxygens (including phenoxy) is 2. The van der Waals surface area contributed by atoms with Gasteiger partial charge in [0.05, 0.1) is 20.3 Å². The largest absolute Gasteiger partial charge is 0.493 e. The Morgan fingerprint density at radius 3 is 2.40 bits per heavy atom. The van der Waals surface area contributed by atoms with Gasteiger partial charge in [0.2, 0.25) is 0 Å². The normalized spacial score (nSPS) is 12.2. The van der Waals surface area contributed by atoms with Gasteiger partial charge in [0.1, 0.15) is 0 Å². The van der Waals surface area contributed by atoms with E-state index in [9.17, 15) is 0 Å². The van der Waals surface area contributed by atoms with Crippen molar-refractivity contribution in [2.75, 3.05) is 14.2 Å². The van der Waals surface area contributed by atoms with Gasteiger partial charge >= 0.3 is 0 Å². The van der Waals surface area contributed by atoms with E-state index in [1.165, 1.54) is 4.88 Å². The standard InChI is InChI=1S/C15H18BrNO2S/c1-4-9-5-6-14(20-9)15(17)10-7-12(18-2)13(19-3)8-11(10)16/h5-8,15H,4,17H2,1-3H3. The lowest BCUT2D eigenvalue weighted by Gasteiger charge is -2.16. The van der Waals surface area contributed by atoms with Crippen molar-refractivity contribution >= 4 is 27.3 Å². The highest BCUT2D eigenvalue weighted by Gasteiger charge is 2.18. The molecule has 0 spiro atoms. The van der Waals surface area contributed by atoms with Crippen LogP contribution in [-0.4, -0.2) is 14.2 Å². The second-order valence-electron chi connectivity index (χ2n) is 4.36. The Morgan fingerprint density at radius 2 is 1.85 bits per heavy atom. The maximum atomic E-state index is 6.38. The molecule has 2 rings (SSSR count). The molecule has 5 heteroatoms. The van der Waals surface area contributed by atoms with Crippen molar-refractivity contribution < 1.29 is 9.47 Å². The van der Waals surface area contributed by atoms with Crippen molar-refractivity contribution in [3.05, 3.63) is 44.1 Å². The maximum absolute atomic E-state index is 6.38. The number of methoxy groups -OCH3 is 2. The van der Waals surface area contributed by atoms with Crippen LogP contribution >= 0.6 is 27.3 Å². The van der Waals surface area contributed by atoms with Crippen LogP contribution in [0.15, 0.2) is 28.7 Å². The first-order valence-corrected chi connectivity index (χ1v) is 7.97. The average Bonchev–Trinajstić information content (AvgIpc) is 2.95. The van der Waals surface area contributed by atoms with Gasteiger partial charge in [-0.2, -0.15) is 0 Å². The molecule has 0 saturated carbocycles. The van der Waals surface area contributed by atoms with Crippen molar-refractivity contribution in [3.8, 4) is 11.5 Å². The number of halogens is 1. The third-order valence-corrected chi connectivity index (χ3v) is 5.17. The number of rotatable bonds is 5. The highest BCUT2D eigenvalue weighted by molar-refractivity contribution is 9.10. The molecule has 0 bridgehead atoms. The summed E-state index contributed by atoms with van der Waals surface area (Å²) < 4.78 is 11.6. The van der Waals surface area contributed by atoms with E-state index in [0.717, 1.165) is 21.3 Å². The molecule has 0 aliphatic rings. The van der Waals surface area contributed by atoms with Crippen molar-refractivity contribution in [3.63, 3.8) is 0 Å². The molecule has 0 aliphatic carbocycles. The molecule has 3 nitrogen and oxygen atoms in total. The molecule has 0 aliphatic heterocycles. The fourth-order valence-electron chi connectivity index (χ4n) is 2.01. The van der Waals surface area contributed by atoms with E-state index in [0.29, 0.717) is 11.5 Å². The molecule has 108 valence electrons. The number of nitrogens with two attached hydrogens (primary N) is 1. The third-order valence-electron chi connectivity index (χ3n) is 3.18. The molecule has 0 amide bonds. The highest BCUT2D eigenvalue weighted by atomic mass is 79.9. The minimum Gasteiger partial charge on any atom is -0.493 e. The zero-order valence-electron chi connectivity index (χ0n) is 11.8. The Hall–Kier alpha value is -1.04. The van der Waals surface area contributed by atoms with Gasteiger partial charge in [-0.25, -0.2) is 0 Å². The predicted molar refractivity (Wildman–Crippen MR) is 87.0 cm³/mol. The van der Waals surface area contributed by atoms with Crippen LogP contribution in [-0.2, 0) is 6.42 Å². The molecule has 1 aromatic heterocycles. The van der Waals surface area contributed by atoms with E-state index >= 15 is 0 Å². The summed E-state index contributed by atoms with van der Waals surface area (Å²) in [6, 6.07) is 7.88. The molecule has 2 N–H and O–H groups in total. The Labute approximate surface area is 131 Å². The summed E-state index contributed by atoms with van der Waals surface area (Å²) in [5, 5.41) is 0. The molecule has 0 fully saturated rings. The summed E-state index contributed by atoms with van der Waals surface area (Å²) >= 11 is 5.31. The molecule has 1 atom stereocenters. The Balaban J connectivity index is 2.40. The second kappa shape index (κ2) is 6.61. The van der Waals surface area contributed by atoms with Gasteiger partial charge in [-0.1, -0.05) is 22.9 Å². The van der Waals surface area contributed by atoms with Crippen LogP contribution in [0.5, 0.6) is 11.5 Å². The van der Waals surface area contributed by atoms with Crippen LogP contribution in [0.25, 0.3) is 0 Å². The number of hydrogen-bond acceptors (Lipinski definition) is 4. The summed E-state index contributed by atoms with van der Waals surface area (Å²) in [6.45, 7) is 2.15. The van der Waals surface area contributed by atoms with Crippen LogP contribution in [0.4, 0.5) is 0 Å². The zero-order chi connectivity index (χ0) is 14.7. The van der Waals surface area contributed by atoms with Crippen molar-refractivity contribution in [2.45, 2.75) is 19.4 Å². The number of hydrogen-bond donors (Lipinski definition) is 1. The summed E-state index contributed by atoms with van der Waals surface area (Å²) in [5.41, 5.74) is 7.38. The summed E-state index contributed by atoms with van der Waals surface area (Å²) in [6.07, 6.45) is 1.03. The topological polar surface area (TPSA) is 44.5 Å². The quantitative estimate of drug-likeness (QED) is 0.876. The van der Waals surface area contributed by atoms with Crippen LogP contribution in [0.3, 0.4) is 0 Å². The molecule has 0 saturated heterocycles. The van der Waals surface area contributed by atoms with E-state index in [2.05, 4.69) is 35.0 Å². The summed E-state index contributed by atoms with van der Waals surface area (Å²) in [7, 11) is 3.25. The van der Waals surface area contributed by atoms with E-state index in [1.807, 2.05) is 12.1 Å². The predicted octanol–water partition coefficient (Wildman–Crippen LogP) is 4.14. The van der Waals surface area contributed by atoms with Crippen molar-refractivity contribution in [1.82, 2.24) is 0 Å². The number of aryl methyl sites for hydroxylation is 1. The molecule has 0 radical (unpaired) electrons. The first-order valence-electron chi connectivity index (χ1n) is 6.36. The minimum absolute atomic E-state index is 0.172. The van der Waals surface area contributed by atoms with Crippen LogP contribution in [0, 0.1) is 0 Å². The fraction of sp³-hybridized carbons (Fsp3) is 0.333. The third kappa shape index (κ3) is 3.00. The van der Waals surface area contributed by atoms with E-state index in [-0.39, 0.29) is 6.04 Å². The van der Waals surface area contributed by atoms with Crippen molar-refractivity contribution in [2.24, 2.45) is 5.73 Å². The van der Waals surface area contributed by atoms with Crippen molar-refractivity contribution in [1.29, 1.82) is 0 Å². The summed E-state index contributed by atoms with van der Waals surface area (Å²) in [4.78, 5) is 2.49. The van der Waals surface area contributed by atoms with Gasteiger partial charge in [0, 0.05) is 14.2 Å². The van der Waals surface area contributed by atoms with Gasteiger partial charge < -0.3 is 15.2 Å². The molecule has 20 heavy (non-hydrogen) atoms. The number of benzene rings is 1. The van der Waals surface area contributed by atoms with E-state index in [4.69, 9.17) is 15.2 Å². The Morgan fingerprint density at radius 1 is 1.20 bits per heavy atom. The van der Waals surface area contributed by atoms with Gasteiger partial charge in [0.25, 0.3) is 0 Å². The van der Waals surface area contributed by atoms with E-state index < -0.39 is 0 Å². The molecular formula is C15H18BrNO2S. The van der Waals surface area contributed by atoms with Gasteiger partial charge in [0.15, 0.2) is 11.5 Å². The van der Waals surface area contributed by atoms with Gasteiger partial charge in [-0.05, 0) is 36.2 Å². The Kier molecular flexibility index (Phi) is 5.07. The molecule has 1 unspecified atom stereocenters. The average molecular weight is 356 g/mol. The SMILES string of the molecule is CCc1ccc(C(N)c2cc(OC)c(OC)cc2Br)s1. The monoisotopic (exact) mass is 355 g/mol. The second-order valence-corrected chi connectivity index (χ2v) is 6.42. The Bertz CT molecular complexity index is 598. The highest BCUT2D eigenvalue weighted by Crippen LogP contribution is 2.38. The summed E-state index contributed by atoms with van der Waals surface area (Å²) in [5.74, 6) is 1.38. The first kappa shape index (κ1) is 15.4. The molecular weight excluding hydrogens is 338 g/mol. The van der Waals surface area contributed by atoms with Gasteiger partial charge in [-0.3, -0.25) is 0 Å². The molecule has 1 heterocycles. The maximum Gasteiger partial charge on any atom is 0.161 e. The zero-order valence-corrected chi connectivity index (χ0v) is 14.2. The molecule has 1 aromatic carbocycles. The fourth-order valence-corrected chi connectivity index (χ4v) is 3.56. The molecule has 2 aromatic rings. The minimum atomic E-state index is -0.172. The lowest BCUT2D eigenvalue weighted by atomic mass is 10.1. The van der Waals surface area contributed by atoms with Gasteiger partial charge in [-0.15, -0.1) is 11.3 Å².